The molecule has 0 heterocycles. The van der Waals surface area contributed by atoms with Crippen molar-refractivity contribution in [2.45, 2.75) is 0 Å². The molecule has 0 unspecified atom stereocenters. The number of aromatic hydroxyl groups is 2. The van der Waals surface area contributed by atoms with Gasteiger partial charge < -0.3 is 20.8 Å². The fourth-order valence-corrected chi connectivity index (χ4v) is 4.40. The fraction of sp³-hybridized carbons (Fsp3) is 0. The molecule has 0 aromatic heterocycles. The van der Waals surface area contributed by atoms with Gasteiger partial charge in [-0.2, -0.15) is 0 Å². The number of hydrogen-bond acceptors (Lipinski definition) is 6. The number of hydrogen-bond donors (Lipinski definition) is 4. The second kappa shape index (κ2) is 8.41. The van der Waals surface area contributed by atoms with Gasteiger partial charge in [-0.25, -0.2) is 0 Å². The second-order valence-corrected chi connectivity index (χ2v) is 8.57. The smallest absolute Gasteiger partial charge is 0.200 e. The molecule has 34 heavy (non-hydrogen) atoms. The van der Waals surface area contributed by atoms with Crippen molar-refractivity contribution in [3.05, 3.63) is 105 Å². The summed E-state index contributed by atoms with van der Waals surface area (Å²) in [4.78, 5) is 27.3. The maximum atomic E-state index is 13.6. The van der Waals surface area contributed by atoms with E-state index in [1.165, 1.54) is 24.3 Å². The van der Waals surface area contributed by atoms with Crippen LogP contribution in [0.1, 0.15) is 31.8 Å². The third-order valence-electron chi connectivity index (χ3n) is 5.48. The average Bonchev–Trinajstić information content (AvgIpc) is 2.79. The first kappa shape index (κ1) is 21.8. The summed E-state index contributed by atoms with van der Waals surface area (Å²) in [6.07, 6.45) is 0. The van der Waals surface area contributed by atoms with E-state index in [-0.39, 0.29) is 33.8 Å². The summed E-state index contributed by atoms with van der Waals surface area (Å²) in [6, 6.07) is 19.4. The van der Waals surface area contributed by atoms with Crippen LogP contribution in [0.5, 0.6) is 11.5 Å². The molecule has 1 aliphatic rings. The summed E-state index contributed by atoms with van der Waals surface area (Å²) >= 11 is 12.1. The van der Waals surface area contributed by atoms with E-state index in [9.17, 15) is 19.8 Å². The van der Waals surface area contributed by atoms with Gasteiger partial charge in [0.1, 0.15) is 11.5 Å². The molecular weight excluding hydrogens is 475 g/mol. The molecule has 0 atom stereocenters. The summed E-state index contributed by atoms with van der Waals surface area (Å²) in [7, 11) is 0. The van der Waals surface area contributed by atoms with Crippen molar-refractivity contribution in [1.82, 2.24) is 0 Å². The third-order valence-corrected chi connectivity index (χ3v) is 5.95. The lowest BCUT2D eigenvalue weighted by molar-refractivity contribution is 0.0975. The highest BCUT2D eigenvalue weighted by atomic mass is 35.5. The van der Waals surface area contributed by atoms with Crippen LogP contribution in [-0.4, -0.2) is 21.8 Å². The Bertz CT molecular complexity index is 1390. The molecule has 8 heteroatoms. The predicted molar refractivity (Wildman–Crippen MR) is 133 cm³/mol. The molecule has 0 saturated heterocycles. The molecular formula is C26H16Cl2N2O4. The van der Waals surface area contributed by atoms with Crippen LogP contribution in [0.3, 0.4) is 0 Å². The van der Waals surface area contributed by atoms with Crippen LogP contribution in [0.25, 0.3) is 0 Å². The van der Waals surface area contributed by atoms with Crippen molar-refractivity contribution in [3.8, 4) is 11.5 Å². The van der Waals surface area contributed by atoms with Crippen molar-refractivity contribution >= 4 is 57.5 Å². The normalized spacial score (nSPS) is 12.2. The number of anilines is 4. The van der Waals surface area contributed by atoms with Gasteiger partial charge in [0, 0.05) is 21.4 Å². The minimum Gasteiger partial charge on any atom is -0.507 e. The maximum absolute atomic E-state index is 13.6. The Labute approximate surface area is 204 Å². The van der Waals surface area contributed by atoms with Crippen LogP contribution in [0.4, 0.5) is 22.7 Å². The summed E-state index contributed by atoms with van der Waals surface area (Å²) < 4.78 is 0. The number of phenols is 2. The lowest BCUT2D eigenvalue weighted by Gasteiger charge is -2.24. The minimum atomic E-state index is -0.600. The van der Waals surface area contributed by atoms with Gasteiger partial charge in [0.05, 0.1) is 33.6 Å². The van der Waals surface area contributed by atoms with Gasteiger partial charge in [-0.15, -0.1) is 0 Å². The van der Waals surface area contributed by atoms with Gasteiger partial charge in [0.15, 0.2) is 0 Å². The first-order valence-electron chi connectivity index (χ1n) is 10.2. The highest BCUT2D eigenvalue weighted by Crippen LogP contribution is 2.43. The Morgan fingerprint density at radius 1 is 0.559 bits per heavy atom. The van der Waals surface area contributed by atoms with Gasteiger partial charge >= 0.3 is 0 Å². The van der Waals surface area contributed by atoms with Crippen molar-refractivity contribution in [2.24, 2.45) is 0 Å². The monoisotopic (exact) mass is 490 g/mol. The summed E-state index contributed by atoms with van der Waals surface area (Å²) in [5.41, 5.74) is 1.41. The van der Waals surface area contributed by atoms with Crippen molar-refractivity contribution < 1.29 is 19.8 Å². The molecule has 0 aliphatic heterocycles. The summed E-state index contributed by atoms with van der Waals surface area (Å²) in [5.74, 6) is -1.88. The lowest BCUT2D eigenvalue weighted by Crippen LogP contribution is -2.23. The van der Waals surface area contributed by atoms with Crippen LogP contribution >= 0.6 is 23.2 Å². The van der Waals surface area contributed by atoms with E-state index >= 15 is 0 Å². The van der Waals surface area contributed by atoms with Crippen molar-refractivity contribution in [2.75, 3.05) is 10.6 Å². The fourth-order valence-electron chi connectivity index (χ4n) is 4.02. The number of halogens is 2. The SMILES string of the molecule is O=C1c2c(O)ccc(Nc3cccc(Cl)c3)c2C(=O)c2c(O)ccc(Nc3cccc(Cl)c3)c21. The van der Waals surface area contributed by atoms with Crippen LogP contribution in [0.15, 0.2) is 72.8 Å². The zero-order valence-electron chi connectivity index (χ0n) is 17.4. The first-order valence-corrected chi connectivity index (χ1v) is 11.0. The average molecular weight is 491 g/mol. The van der Waals surface area contributed by atoms with Crippen molar-refractivity contribution in [1.29, 1.82) is 0 Å². The van der Waals surface area contributed by atoms with Gasteiger partial charge in [-0.1, -0.05) is 35.3 Å². The molecule has 1 aliphatic carbocycles. The number of carbonyl (C=O) groups is 2. The van der Waals surface area contributed by atoms with Crippen LogP contribution in [0, 0.1) is 0 Å². The van der Waals surface area contributed by atoms with Crippen LogP contribution < -0.4 is 10.6 Å². The van der Waals surface area contributed by atoms with Gasteiger partial charge in [0.25, 0.3) is 0 Å². The number of nitrogens with one attached hydrogen (secondary N) is 2. The van der Waals surface area contributed by atoms with E-state index in [0.29, 0.717) is 32.8 Å². The number of carbonyl (C=O) groups excluding carboxylic acids is 2. The Balaban J connectivity index is 1.66. The largest absolute Gasteiger partial charge is 0.507 e. The zero-order chi connectivity index (χ0) is 24.0. The molecule has 4 N–H and O–H groups in total. The predicted octanol–water partition coefficient (Wildman–Crippen LogP) is 6.67. The second-order valence-electron chi connectivity index (χ2n) is 7.69. The van der Waals surface area contributed by atoms with E-state index < -0.39 is 11.6 Å². The van der Waals surface area contributed by atoms with Crippen LogP contribution in [0.2, 0.25) is 10.0 Å². The quantitative estimate of drug-likeness (QED) is 0.210. The highest BCUT2D eigenvalue weighted by molar-refractivity contribution is 6.34. The molecule has 168 valence electrons. The number of ketones is 2. The van der Waals surface area contributed by atoms with E-state index in [1.807, 2.05) is 0 Å². The van der Waals surface area contributed by atoms with E-state index in [1.54, 1.807) is 48.5 Å². The number of phenolic OH excluding ortho intramolecular Hbond substituents is 2. The summed E-state index contributed by atoms with van der Waals surface area (Å²) in [5, 5.41) is 28.3. The van der Waals surface area contributed by atoms with Gasteiger partial charge in [0.2, 0.25) is 11.6 Å². The number of rotatable bonds is 4. The maximum Gasteiger partial charge on any atom is 0.200 e. The van der Waals surface area contributed by atoms with E-state index in [2.05, 4.69) is 10.6 Å². The Kier molecular flexibility index (Phi) is 5.40. The lowest BCUT2D eigenvalue weighted by atomic mass is 9.81. The molecule has 0 spiro atoms. The molecule has 0 bridgehead atoms. The first-order chi connectivity index (χ1) is 16.3. The zero-order valence-corrected chi connectivity index (χ0v) is 18.9. The van der Waals surface area contributed by atoms with Crippen LogP contribution in [-0.2, 0) is 0 Å². The Hall–Kier alpha value is -4.00. The third kappa shape index (κ3) is 3.73. The molecule has 6 nitrogen and oxygen atoms in total. The summed E-state index contributed by atoms with van der Waals surface area (Å²) in [6.45, 7) is 0. The van der Waals surface area contributed by atoms with E-state index in [0.717, 1.165) is 0 Å². The topological polar surface area (TPSA) is 98.7 Å². The minimum absolute atomic E-state index is 0.0346. The van der Waals surface area contributed by atoms with E-state index in [4.69, 9.17) is 23.2 Å². The number of benzene rings is 4. The molecule has 0 fully saturated rings. The van der Waals surface area contributed by atoms with Crippen molar-refractivity contribution in [3.63, 3.8) is 0 Å². The number of fused-ring (bicyclic) bond motifs is 2. The molecule has 0 saturated carbocycles. The Morgan fingerprint density at radius 2 is 0.971 bits per heavy atom. The highest BCUT2D eigenvalue weighted by Gasteiger charge is 2.38. The molecule has 0 amide bonds. The standard InChI is InChI=1S/C26H16Cl2N2O4/c27-13-3-1-5-15(11-13)29-17-7-9-19(31)23-21(17)25(33)24-20(32)10-8-18(22(24)26(23)34)30-16-6-2-4-14(28)12-16/h1-12,29-32H. The molecule has 4 aromatic carbocycles. The molecule has 0 radical (unpaired) electrons. The van der Waals surface area contributed by atoms with Gasteiger partial charge in [-0.05, 0) is 60.7 Å². The Morgan fingerprint density at radius 3 is 1.35 bits per heavy atom. The van der Waals surface area contributed by atoms with Gasteiger partial charge in [-0.3, -0.25) is 9.59 Å². The molecule has 4 aromatic rings. The molecule has 5 rings (SSSR count).